The number of methoxy groups -OCH3 is 1. The minimum Gasteiger partial charge on any atom is -0.496 e. The summed E-state index contributed by atoms with van der Waals surface area (Å²) in [6, 6.07) is 6.13. The van der Waals surface area contributed by atoms with Crippen molar-refractivity contribution in [3.8, 4) is 17.6 Å². The predicted octanol–water partition coefficient (Wildman–Crippen LogP) is 2.33. The number of thioether (sulfide) groups is 1. The van der Waals surface area contributed by atoms with Gasteiger partial charge in [0.15, 0.2) is 0 Å². The van der Waals surface area contributed by atoms with E-state index in [1.54, 1.807) is 7.11 Å². The number of hydrogen-bond donors (Lipinski definition) is 1. The summed E-state index contributed by atoms with van der Waals surface area (Å²) in [4.78, 5) is 2.52. The highest BCUT2D eigenvalue weighted by Crippen LogP contribution is 2.26. The number of nitrogens with zero attached hydrogens (tertiary/aromatic N) is 1. The van der Waals surface area contributed by atoms with Gasteiger partial charge in [-0.05, 0) is 24.6 Å². The zero-order chi connectivity index (χ0) is 15.1. The van der Waals surface area contributed by atoms with Gasteiger partial charge in [0.25, 0.3) is 0 Å². The lowest BCUT2D eigenvalue weighted by atomic mass is 10.1. The fourth-order valence-electron chi connectivity index (χ4n) is 2.54. The van der Waals surface area contributed by atoms with Gasteiger partial charge in [-0.15, -0.1) is 0 Å². The van der Waals surface area contributed by atoms with Gasteiger partial charge in [0.2, 0.25) is 0 Å². The molecule has 1 fully saturated rings. The monoisotopic (exact) mass is 304 g/mol. The third-order valence-corrected chi connectivity index (χ3v) is 5.06. The Kier molecular flexibility index (Phi) is 6.44. The molecule has 1 aliphatic heterocycles. The molecule has 1 aromatic carbocycles. The van der Waals surface area contributed by atoms with Crippen LogP contribution in [0.5, 0.6) is 5.75 Å². The standard InChI is InChI=1S/C17H24N2OS/c1-3-16-13-19(9-10-21-16)12-15-11-14(5-4-8-18)6-7-17(15)20-2/h6-7,11,16H,3,8-10,12-13,18H2,1-2H3. The third kappa shape index (κ3) is 4.67. The molecular weight excluding hydrogens is 280 g/mol. The van der Waals surface area contributed by atoms with Gasteiger partial charge in [-0.1, -0.05) is 18.8 Å². The quantitative estimate of drug-likeness (QED) is 0.867. The van der Waals surface area contributed by atoms with Gasteiger partial charge in [-0.25, -0.2) is 0 Å². The molecule has 0 radical (unpaired) electrons. The van der Waals surface area contributed by atoms with E-state index in [1.807, 2.05) is 12.1 Å². The summed E-state index contributed by atoms with van der Waals surface area (Å²) < 4.78 is 5.49. The van der Waals surface area contributed by atoms with Crippen molar-refractivity contribution in [3.05, 3.63) is 29.3 Å². The Morgan fingerprint density at radius 3 is 3.05 bits per heavy atom. The second kappa shape index (κ2) is 8.33. The van der Waals surface area contributed by atoms with Crippen LogP contribution in [0.2, 0.25) is 0 Å². The first-order chi connectivity index (χ1) is 10.3. The van der Waals surface area contributed by atoms with Gasteiger partial charge in [0.1, 0.15) is 5.75 Å². The first kappa shape index (κ1) is 16.2. The van der Waals surface area contributed by atoms with Crippen LogP contribution in [0.15, 0.2) is 18.2 Å². The Hall–Kier alpha value is -1.15. The Morgan fingerprint density at radius 1 is 1.48 bits per heavy atom. The second-order valence-electron chi connectivity index (χ2n) is 5.17. The van der Waals surface area contributed by atoms with Gasteiger partial charge >= 0.3 is 0 Å². The summed E-state index contributed by atoms with van der Waals surface area (Å²) in [6.45, 7) is 5.89. The van der Waals surface area contributed by atoms with E-state index >= 15 is 0 Å². The predicted molar refractivity (Wildman–Crippen MR) is 90.7 cm³/mol. The van der Waals surface area contributed by atoms with Gasteiger partial charge in [-0.3, -0.25) is 4.90 Å². The molecule has 4 heteroatoms. The minimum atomic E-state index is 0.392. The Labute approximate surface area is 132 Å². The molecule has 0 aromatic heterocycles. The lowest BCUT2D eigenvalue weighted by Crippen LogP contribution is -2.37. The van der Waals surface area contributed by atoms with Crippen molar-refractivity contribution in [1.29, 1.82) is 0 Å². The normalized spacial score (nSPS) is 18.9. The maximum atomic E-state index is 5.49. The second-order valence-corrected chi connectivity index (χ2v) is 6.58. The fraction of sp³-hybridized carbons (Fsp3) is 0.529. The van der Waals surface area contributed by atoms with E-state index < -0.39 is 0 Å². The molecule has 1 atom stereocenters. The molecule has 1 saturated heterocycles. The maximum Gasteiger partial charge on any atom is 0.123 e. The summed E-state index contributed by atoms with van der Waals surface area (Å²) >= 11 is 2.09. The first-order valence-corrected chi connectivity index (χ1v) is 8.51. The van der Waals surface area contributed by atoms with Crippen molar-refractivity contribution in [1.82, 2.24) is 4.90 Å². The molecule has 21 heavy (non-hydrogen) atoms. The summed E-state index contributed by atoms with van der Waals surface area (Å²) in [5, 5.41) is 0.755. The molecule has 1 aliphatic rings. The minimum absolute atomic E-state index is 0.392. The number of benzene rings is 1. The van der Waals surface area contributed by atoms with Crippen LogP contribution in [0.1, 0.15) is 24.5 Å². The van der Waals surface area contributed by atoms with Gasteiger partial charge in [0.05, 0.1) is 13.7 Å². The van der Waals surface area contributed by atoms with Crippen molar-refractivity contribution in [2.75, 3.05) is 32.5 Å². The molecule has 0 spiro atoms. The molecule has 1 heterocycles. The topological polar surface area (TPSA) is 38.5 Å². The van der Waals surface area contributed by atoms with Crippen molar-refractivity contribution in [2.24, 2.45) is 5.73 Å². The molecular formula is C17H24N2OS. The van der Waals surface area contributed by atoms with Crippen LogP contribution < -0.4 is 10.5 Å². The van der Waals surface area contributed by atoms with Gasteiger partial charge in [-0.2, -0.15) is 11.8 Å². The number of rotatable bonds is 4. The molecule has 1 aromatic rings. The van der Waals surface area contributed by atoms with E-state index in [9.17, 15) is 0 Å². The maximum absolute atomic E-state index is 5.49. The molecule has 2 N–H and O–H groups in total. The highest BCUT2D eigenvalue weighted by Gasteiger charge is 2.20. The van der Waals surface area contributed by atoms with E-state index in [0.29, 0.717) is 6.54 Å². The lowest BCUT2D eigenvalue weighted by Gasteiger charge is -2.32. The van der Waals surface area contributed by atoms with E-state index in [-0.39, 0.29) is 0 Å². The lowest BCUT2D eigenvalue weighted by molar-refractivity contribution is 0.268. The molecule has 0 amide bonds. The average molecular weight is 304 g/mol. The van der Waals surface area contributed by atoms with E-state index in [4.69, 9.17) is 10.5 Å². The molecule has 3 nitrogen and oxygen atoms in total. The van der Waals surface area contributed by atoms with Crippen LogP contribution in [0.3, 0.4) is 0 Å². The number of ether oxygens (including phenoxy) is 1. The van der Waals surface area contributed by atoms with Gasteiger partial charge < -0.3 is 10.5 Å². The van der Waals surface area contributed by atoms with E-state index in [1.165, 1.54) is 17.7 Å². The number of nitrogens with two attached hydrogens (primary N) is 1. The first-order valence-electron chi connectivity index (χ1n) is 7.46. The molecule has 0 saturated carbocycles. The third-order valence-electron chi connectivity index (χ3n) is 3.69. The number of hydrogen-bond acceptors (Lipinski definition) is 4. The van der Waals surface area contributed by atoms with Crippen LogP contribution in [0.4, 0.5) is 0 Å². The zero-order valence-electron chi connectivity index (χ0n) is 12.9. The average Bonchev–Trinajstić information content (AvgIpc) is 2.53. The van der Waals surface area contributed by atoms with E-state index in [0.717, 1.165) is 36.2 Å². The summed E-state index contributed by atoms with van der Waals surface area (Å²) in [5.41, 5.74) is 7.66. The van der Waals surface area contributed by atoms with Crippen molar-refractivity contribution >= 4 is 11.8 Å². The van der Waals surface area contributed by atoms with Crippen LogP contribution in [-0.4, -0.2) is 42.6 Å². The molecule has 0 aliphatic carbocycles. The molecule has 114 valence electrons. The smallest absolute Gasteiger partial charge is 0.123 e. The van der Waals surface area contributed by atoms with Crippen LogP contribution in [0, 0.1) is 11.8 Å². The van der Waals surface area contributed by atoms with E-state index in [2.05, 4.69) is 41.5 Å². The summed E-state index contributed by atoms with van der Waals surface area (Å²) in [6.07, 6.45) is 1.24. The highest BCUT2D eigenvalue weighted by molar-refractivity contribution is 8.00. The SMILES string of the molecule is CCC1CN(Cc2cc(C#CCN)ccc2OC)CCS1. The zero-order valence-corrected chi connectivity index (χ0v) is 13.7. The molecule has 1 unspecified atom stereocenters. The Morgan fingerprint density at radius 2 is 2.33 bits per heavy atom. The van der Waals surface area contributed by atoms with Crippen molar-refractivity contribution < 1.29 is 4.74 Å². The molecule has 2 rings (SSSR count). The van der Waals surface area contributed by atoms with Crippen molar-refractivity contribution in [3.63, 3.8) is 0 Å². The van der Waals surface area contributed by atoms with Gasteiger partial charge in [0, 0.05) is 41.8 Å². The largest absolute Gasteiger partial charge is 0.496 e. The van der Waals surface area contributed by atoms with Crippen molar-refractivity contribution in [2.45, 2.75) is 25.1 Å². The fourth-order valence-corrected chi connectivity index (χ4v) is 3.79. The highest BCUT2D eigenvalue weighted by atomic mass is 32.2. The van der Waals surface area contributed by atoms with Crippen LogP contribution >= 0.6 is 11.8 Å². The molecule has 0 bridgehead atoms. The summed E-state index contributed by atoms with van der Waals surface area (Å²) in [7, 11) is 1.73. The summed E-state index contributed by atoms with van der Waals surface area (Å²) in [5.74, 6) is 8.17. The van der Waals surface area contributed by atoms with Crippen LogP contribution in [-0.2, 0) is 6.54 Å². The Bertz CT molecular complexity index is 521. The Balaban J connectivity index is 2.13. The van der Waals surface area contributed by atoms with Crippen LogP contribution in [0.25, 0.3) is 0 Å².